The van der Waals surface area contributed by atoms with E-state index in [9.17, 15) is 0 Å². The fraction of sp³-hybridized carbons (Fsp3) is 0.538. The first-order valence-corrected chi connectivity index (χ1v) is 12.6. The molecule has 0 heterocycles. The van der Waals surface area contributed by atoms with E-state index in [-0.39, 0.29) is 16.4 Å². The minimum Gasteiger partial charge on any atom is -0.388 e. The summed E-state index contributed by atoms with van der Waals surface area (Å²) >= 11 is 0. The Bertz CT molecular complexity index is 700. The van der Waals surface area contributed by atoms with Crippen LogP contribution in [0.2, 0.25) is 0 Å². The highest BCUT2D eigenvalue weighted by molar-refractivity contribution is 6.92. The van der Waals surface area contributed by atoms with Crippen LogP contribution in [0.4, 0.5) is 0 Å². The van der Waals surface area contributed by atoms with Crippen LogP contribution in [0.15, 0.2) is 60.7 Å². The maximum atomic E-state index is 7.11. The van der Waals surface area contributed by atoms with Crippen molar-refractivity contribution in [1.82, 2.24) is 0 Å². The quantitative estimate of drug-likeness (QED) is 0.501. The molecule has 0 unspecified atom stereocenters. The third-order valence-corrected chi connectivity index (χ3v) is 8.48. The Kier molecular flexibility index (Phi) is 7.53. The Morgan fingerprint density at radius 1 is 0.655 bits per heavy atom. The molecule has 0 aliphatic carbocycles. The van der Waals surface area contributed by atoms with Crippen molar-refractivity contribution < 1.29 is 8.85 Å². The highest BCUT2D eigenvalue weighted by Crippen LogP contribution is 2.32. The van der Waals surface area contributed by atoms with Gasteiger partial charge in [-0.25, -0.2) is 0 Å². The minimum atomic E-state index is -2.88. The van der Waals surface area contributed by atoms with E-state index in [4.69, 9.17) is 8.85 Å². The molecular formula is C26H40O2Si. The normalized spacial score (nSPS) is 13.5. The molecule has 0 atom stereocenters. The molecule has 2 rings (SSSR count). The van der Waals surface area contributed by atoms with Crippen molar-refractivity contribution in [2.75, 3.05) is 6.61 Å². The van der Waals surface area contributed by atoms with Gasteiger partial charge in [0.05, 0.1) is 5.60 Å². The lowest BCUT2D eigenvalue weighted by Crippen LogP contribution is -2.66. The van der Waals surface area contributed by atoms with Gasteiger partial charge in [-0.15, -0.1) is 0 Å². The molecule has 0 saturated heterocycles. The Balaban J connectivity index is 2.53. The van der Waals surface area contributed by atoms with E-state index >= 15 is 0 Å². The number of hydrogen-bond acceptors (Lipinski definition) is 2. The van der Waals surface area contributed by atoms with Crippen LogP contribution in [-0.2, 0) is 8.85 Å². The van der Waals surface area contributed by atoms with E-state index in [0.29, 0.717) is 6.61 Å². The maximum absolute atomic E-state index is 7.11. The summed E-state index contributed by atoms with van der Waals surface area (Å²) in [6.07, 6.45) is 1.95. The van der Waals surface area contributed by atoms with Crippen LogP contribution in [-0.4, -0.2) is 20.8 Å². The largest absolute Gasteiger partial charge is 0.407 e. The van der Waals surface area contributed by atoms with Crippen molar-refractivity contribution in [3.8, 4) is 0 Å². The average molecular weight is 413 g/mol. The van der Waals surface area contributed by atoms with Crippen molar-refractivity contribution >= 4 is 18.9 Å². The van der Waals surface area contributed by atoms with E-state index in [2.05, 4.69) is 116 Å². The molecule has 0 spiro atoms. The topological polar surface area (TPSA) is 18.5 Å². The summed E-state index contributed by atoms with van der Waals surface area (Å²) in [6, 6.07) is 21.2. The highest BCUT2D eigenvalue weighted by Gasteiger charge is 2.47. The molecule has 0 aliphatic rings. The van der Waals surface area contributed by atoms with E-state index in [1.165, 1.54) is 10.4 Å². The predicted molar refractivity (Wildman–Crippen MR) is 127 cm³/mol. The summed E-state index contributed by atoms with van der Waals surface area (Å²) in [4.78, 5) is 0. The smallest absolute Gasteiger partial charge is 0.388 e. The van der Waals surface area contributed by atoms with Gasteiger partial charge in [-0.2, -0.15) is 0 Å². The van der Waals surface area contributed by atoms with Crippen molar-refractivity contribution in [3.05, 3.63) is 60.7 Å². The van der Waals surface area contributed by atoms with Crippen LogP contribution in [0.1, 0.15) is 68.2 Å². The van der Waals surface area contributed by atoms with Crippen LogP contribution in [0.3, 0.4) is 0 Å². The van der Waals surface area contributed by atoms with Crippen molar-refractivity contribution in [2.45, 2.75) is 73.8 Å². The van der Waals surface area contributed by atoms with Crippen molar-refractivity contribution in [2.24, 2.45) is 10.8 Å². The molecule has 2 aromatic carbocycles. The molecule has 0 amide bonds. The number of hydrogen-bond donors (Lipinski definition) is 0. The van der Waals surface area contributed by atoms with Crippen molar-refractivity contribution in [3.63, 3.8) is 0 Å². The van der Waals surface area contributed by atoms with Gasteiger partial charge in [0, 0.05) is 6.61 Å². The molecule has 0 fully saturated rings. The van der Waals surface area contributed by atoms with Crippen LogP contribution in [0, 0.1) is 10.8 Å². The van der Waals surface area contributed by atoms with Gasteiger partial charge in [-0.1, -0.05) is 102 Å². The maximum Gasteiger partial charge on any atom is 0.407 e. The SMILES string of the molecule is CC(C)(C)CCO[Si](OC(C)(C)CC(C)(C)C)(c1ccccc1)c1ccccc1. The summed E-state index contributed by atoms with van der Waals surface area (Å²) in [5.74, 6) is 0. The molecule has 0 aliphatic heterocycles. The van der Waals surface area contributed by atoms with Gasteiger partial charge in [0.25, 0.3) is 0 Å². The second kappa shape index (κ2) is 9.16. The third kappa shape index (κ3) is 7.40. The van der Waals surface area contributed by atoms with Crippen LogP contribution >= 0.6 is 0 Å². The first-order valence-electron chi connectivity index (χ1n) is 10.8. The fourth-order valence-corrected chi connectivity index (χ4v) is 7.46. The van der Waals surface area contributed by atoms with Gasteiger partial charge in [-0.3, -0.25) is 0 Å². The van der Waals surface area contributed by atoms with E-state index in [1.807, 2.05) is 0 Å². The van der Waals surface area contributed by atoms with Crippen molar-refractivity contribution in [1.29, 1.82) is 0 Å². The molecule has 0 saturated carbocycles. The number of rotatable bonds is 8. The summed E-state index contributed by atoms with van der Waals surface area (Å²) < 4.78 is 14.0. The molecule has 160 valence electrons. The van der Waals surface area contributed by atoms with Gasteiger partial charge < -0.3 is 8.85 Å². The lowest BCUT2D eigenvalue weighted by molar-refractivity contribution is 0.0258. The molecule has 0 N–H and O–H groups in total. The molecule has 2 nitrogen and oxygen atoms in total. The zero-order chi connectivity index (χ0) is 21.8. The zero-order valence-electron chi connectivity index (χ0n) is 19.7. The molecule has 3 heteroatoms. The first kappa shape index (κ1) is 23.9. The molecule has 0 radical (unpaired) electrons. The minimum absolute atomic E-state index is 0.169. The Labute approximate surface area is 179 Å². The lowest BCUT2D eigenvalue weighted by atomic mass is 9.84. The predicted octanol–water partition coefficient (Wildman–Crippen LogP) is 5.93. The first-order chi connectivity index (χ1) is 13.3. The molecule has 29 heavy (non-hydrogen) atoms. The fourth-order valence-electron chi connectivity index (χ4n) is 4.00. The number of benzene rings is 2. The van der Waals surface area contributed by atoms with E-state index in [0.717, 1.165) is 12.8 Å². The van der Waals surface area contributed by atoms with Gasteiger partial charge in [0.15, 0.2) is 0 Å². The Morgan fingerprint density at radius 3 is 1.48 bits per heavy atom. The second-order valence-corrected chi connectivity index (χ2v) is 14.0. The van der Waals surface area contributed by atoms with Gasteiger partial charge in [-0.05, 0) is 47.9 Å². The Hall–Kier alpha value is -1.42. The highest BCUT2D eigenvalue weighted by atomic mass is 28.4. The summed E-state index contributed by atoms with van der Waals surface area (Å²) in [6.45, 7) is 18.7. The molecule has 0 bridgehead atoms. The van der Waals surface area contributed by atoms with Crippen LogP contribution < -0.4 is 10.4 Å². The molecule has 0 aromatic heterocycles. The van der Waals surface area contributed by atoms with Crippen LogP contribution in [0.25, 0.3) is 0 Å². The molecular weight excluding hydrogens is 372 g/mol. The molecule has 2 aromatic rings. The van der Waals surface area contributed by atoms with E-state index < -0.39 is 8.56 Å². The zero-order valence-corrected chi connectivity index (χ0v) is 20.7. The average Bonchev–Trinajstić information content (AvgIpc) is 2.59. The van der Waals surface area contributed by atoms with Gasteiger partial charge in [0.1, 0.15) is 0 Å². The standard InChI is InChI=1S/C26H40O2Si/c1-24(2,3)19-20-27-29(22-15-11-9-12-16-22,23-17-13-10-14-18-23)28-26(7,8)21-25(4,5)6/h9-18H,19-21H2,1-8H3. The summed E-state index contributed by atoms with van der Waals surface area (Å²) in [7, 11) is -2.88. The van der Waals surface area contributed by atoms with Crippen LogP contribution in [0.5, 0.6) is 0 Å². The Morgan fingerprint density at radius 2 is 1.10 bits per heavy atom. The summed E-state index contributed by atoms with van der Waals surface area (Å²) in [5, 5.41) is 2.34. The lowest BCUT2D eigenvalue weighted by Gasteiger charge is -2.42. The summed E-state index contributed by atoms with van der Waals surface area (Å²) in [5.41, 5.74) is 0.0781. The third-order valence-electron chi connectivity index (χ3n) is 4.84. The van der Waals surface area contributed by atoms with E-state index in [1.54, 1.807) is 0 Å². The van der Waals surface area contributed by atoms with Gasteiger partial charge >= 0.3 is 8.56 Å². The van der Waals surface area contributed by atoms with Gasteiger partial charge in [0.2, 0.25) is 0 Å². The monoisotopic (exact) mass is 412 g/mol. The second-order valence-electron chi connectivity index (χ2n) is 11.1.